The van der Waals surface area contributed by atoms with Gasteiger partial charge in [0.2, 0.25) is 15.9 Å². The monoisotopic (exact) mass is 597 g/mol. The SMILES string of the molecule is COC(=O)C1CN(c2ccc3cc(S(=O)(=O)NC4CCC(C(=O)NC(C)c5ccc(F)cc5)CC4)ccc3n2)CCN1. The lowest BCUT2D eigenvalue weighted by atomic mass is 9.85. The fourth-order valence-corrected chi connectivity index (χ4v) is 6.96. The molecule has 5 rings (SSSR count). The predicted molar refractivity (Wildman–Crippen MR) is 157 cm³/mol. The number of benzene rings is 2. The zero-order valence-electron chi connectivity index (χ0n) is 23.7. The highest BCUT2D eigenvalue weighted by Gasteiger charge is 2.30. The Morgan fingerprint density at radius 2 is 1.81 bits per heavy atom. The normalized spacial score (nSPS) is 22.0. The standard InChI is InChI=1S/C30H36FN5O5S/c1-19(20-3-8-23(31)9-4-20)33-29(37)21-5-10-24(11-6-21)35-42(39,40)25-12-13-26-22(17-25)7-14-28(34-26)36-16-15-32-27(18-36)30(38)41-2/h3-4,7-9,12-14,17,19,21,24,27,32,35H,5-6,10-11,15-16,18H2,1-2H3,(H,33,37). The van der Waals surface area contributed by atoms with Crippen molar-refractivity contribution in [1.29, 1.82) is 0 Å². The van der Waals surface area contributed by atoms with Gasteiger partial charge in [-0.1, -0.05) is 12.1 Å². The molecule has 10 nitrogen and oxygen atoms in total. The number of halogens is 1. The van der Waals surface area contributed by atoms with Gasteiger partial charge in [-0.25, -0.2) is 22.5 Å². The molecule has 2 aliphatic rings. The van der Waals surface area contributed by atoms with Crippen LogP contribution in [0, 0.1) is 11.7 Å². The van der Waals surface area contributed by atoms with Crippen molar-refractivity contribution >= 4 is 38.6 Å². The maximum absolute atomic E-state index is 13.2. The molecule has 1 saturated carbocycles. The molecule has 2 fully saturated rings. The molecule has 2 aromatic carbocycles. The second kappa shape index (κ2) is 12.7. The van der Waals surface area contributed by atoms with Crippen LogP contribution in [0.15, 0.2) is 59.5 Å². The maximum atomic E-state index is 13.2. The maximum Gasteiger partial charge on any atom is 0.324 e. The number of esters is 1. The van der Waals surface area contributed by atoms with Crippen LogP contribution in [-0.2, 0) is 24.3 Å². The third-order valence-corrected chi connectivity index (χ3v) is 9.61. The van der Waals surface area contributed by atoms with Crippen molar-refractivity contribution in [3.05, 3.63) is 66.0 Å². The number of piperazine rings is 1. The average Bonchev–Trinajstić information content (AvgIpc) is 3.00. The number of nitrogens with one attached hydrogen (secondary N) is 3. The molecule has 42 heavy (non-hydrogen) atoms. The lowest BCUT2D eigenvalue weighted by Crippen LogP contribution is -2.54. The number of aromatic nitrogens is 1. The third-order valence-electron chi connectivity index (χ3n) is 8.09. The lowest BCUT2D eigenvalue weighted by Gasteiger charge is -2.33. The molecule has 2 atom stereocenters. The number of fused-ring (bicyclic) bond motifs is 1. The van der Waals surface area contributed by atoms with Gasteiger partial charge in [-0.2, -0.15) is 0 Å². The van der Waals surface area contributed by atoms with E-state index in [1.807, 2.05) is 24.0 Å². The molecule has 0 bridgehead atoms. The van der Waals surface area contributed by atoms with E-state index in [0.29, 0.717) is 62.0 Å². The molecule has 3 N–H and O–H groups in total. The summed E-state index contributed by atoms with van der Waals surface area (Å²) in [6.07, 6.45) is 2.25. The zero-order valence-corrected chi connectivity index (χ0v) is 24.5. The van der Waals surface area contributed by atoms with Gasteiger partial charge >= 0.3 is 5.97 Å². The van der Waals surface area contributed by atoms with Crippen LogP contribution in [0.4, 0.5) is 10.2 Å². The van der Waals surface area contributed by atoms with Crippen molar-refractivity contribution in [3.8, 4) is 0 Å². The van der Waals surface area contributed by atoms with Crippen LogP contribution in [-0.4, -0.2) is 64.1 Å². The molecule has 2 unspecified atom stereocenters. The Kier molecular flexibility index (Phi) is 9.05. The molecular formula is C30H36FN5O5S. The Hall–Kier alpha value is -3.61. The van der Waals surface area contributed by atoms with Crippen LogP contribution in [0.2, 0.25) is 0 Å². The summed E-state index contributed by atoms with van der Waals surface area (Å²) in [5.41, 5.74) is 1.48. The van der Waals surface area contributed by atoms with E-state index >= 15 is 0 Å². The number of rotatable bonds is 8. The predicted octanol–water partition coefficient (Wildman–Crippen LogP) is 3.04. The van der Waals surface area contributed by atoms with Crippen molar-refractivity contribution in [1.82, 2.24) is 20.3 Å². The van der Waals surface area contributed by atoms with Crippen molar-refractivity contribution in [3.63, 3.8) is 0 Å². The number of hydrogen-bond donors (Lipinski definition) is 3. The summed E-state index contributed by atoms with van der Waals surface area (Å²) in [7, 11) is -2.41. The van der Waals surface area contributed by atoms with E-state index in [2.05, 4.69) is 15.4 Å². The van der Waals surface area contributed by atoms with Gasteiger partial charge in [-0.05, 0) is 80.6 Å². The van der Waals surface area contributed by atoms with E-state index in [9.17, 15) is 22.4 Å². The summed E-state index contributed by atoms with van der Waals surface area (Å²) in [5.74, 6) is -0.213. The van der Waals surface area contributed by atoms with E-state index in [1.165, 1.54) is 19.2 Å². The lowest BCUT2D eigenvalue weighted by molar-refractivity contribution is -0.143. The van der Waals surface area contributed by atoms with Crippen molar-refractivity contribution < 1.29 is 27.1 Å². The van der Waals surface area contributed by atoms with E-state index < -0.39 is 16.1 Å². The van der Waals surface area contributed by atoms with Crippen molar-refractivity contribution in [2.24, 2.45) is 5.92 Å². The van der Waals surface area contributed by atoms with Gasteiger partial charge < -0.3 is 20.3 Å². The van der Waals surface area contributed by atoms with Crippen molar-refractivity contribution in [2.45, 2.75) is 55.6 Å². The molecule has 1 aliphatic carbocycles. The number of anilines is 1. The van der Waals surface area contributed by atoms with E-state index in [1.54, 1.807) is 30.3 Å². The van der Waals surface area contributed by atoms with Gasteiger partial charge in [0.05, 0.1) is 23.6 Å². The quantitative estimate of drug-likeness (QED) is 0.338. The summed E-state index contributed by atoms with van der Waals surface area (Å²) >= 11 is 0. The molecule has 1 aliphatic heterocycles. The zero-order chi connectivity index (χ0) is 29.9. The Labute approximate surface area is 245 Å². The minimum atomic E-state index is -3.78. The average molecular weight is 598 g/mol. The second-order valence-corrected chi connectivity index (χ2v) is 12.7. The van der Waals surface area contributed by atoms with Crippen molar-refractivity contribution in [2.75, 3.05) is 31.6 Å². The van der Waals surface area contributed by atoms with Gasteiger partial charge in [0.25, 0.3) is 0 Å². The van der Waals surface area contributed by atoms with E-state index in [0.717, 1.165) is 5.56 Å². The molecule has 1 aromatic heterocycles. The minimum Gasteiger partial charge on any atom is -0.468 e. The van der Waals surface area contributed by atoms with Gasteiger partial charge in [0.1, 0.15) is 17.7 Å². The number of nitrogens with zero attached hydrogens (tertiary/aromatic N) is 2. The second-order valence-electron chi connectivity index (χ2n) is 11.0. The van der Waals surface area contributed by atoms with Crippen LogP contribution in [0.1, 0.15) is 44.2 Å². The number of pyridine rings is 1. The largest absolute Gasteiger partial charge is 0.468 e. The first-order valence-electron chi connectivity index (χ1n) is 14.2. The smallest absolute Gasteiger partial charge is 0.324 e. The number of carbonyl (C=O) groups excluding carboxylic acids is 2. The number of hydrogen-bond acceptors (Lipinski definition) is 8. The molecule has 1 amide bonds. The van der Waals surface area contributed by atoms with E-state index in [4.69, 9.17) is 9.72 Å². The summed E-state index contributed by atoms with van der Waals surface area (Å²) in [4.78, 5) is 31.6. The van der Waals surface area contributed by atoms with Gasteiger partial charge in [-0.15, -0.1) is 0 Å². The van der Waals surface area contributed by atoms with Crippen LogP contribution in [0.25, 0.3) is 10.9 Å². The Morgan fingerprint density at radius 1 is 1.07 bits per heavy atom. The Balaban J connectivity index is 1.17. The summed E-state index contributed by atoms with van der Waals surface area (Å²) in [5, 5.41) is 6.82. The molecular weight excluding hydrogens is 561 g/mol. The molecule has 2 heterocycles. The first kappa shape index (κ1) is 29.9. The summed E-state index contributed by atoms with van der Waals surface area (Å²) in [6.45, 7) is 3.58. The summed E-state index contributed by atoms with van der Waals surface area (Å²) in [6, 6.07) is 13.6. The fraction of sp³-hybridized carbons (Fsp3) is 0.433. The van der Waals surface area contributed by atoms with Crippen LogP contribution in [0.5, 0.6) is 0 Å². The number of sulfonamides is 1. The number of amides is 1. The molecule has 3 aromatic rings. The molecule has 0 spiro atoms. The topological polar surface area (TPSA) is 130 Å². The molecule has 1 saturated heterocycles. The Morgan fingerprint density at radius 3 is 2.52 bits per heavy atom. The van der Waals surface area contributed by atoms with Crippen LogP contribution < -0.4 is 20.3 Å². The highest BCUT2D eigenvalue weighted by atomic mass is 32.2. The number of methoxy groups -OCH3 is 1. The summed E-state index contributed by atoms with van der Waals surface area (Å²) < 4.78 is 47.3. The first-order valence-corrected chi connectivity index (χ1v) is 15.7. The van der Waals surface area contributed by atoms with Crippen LogP contribution in [0.3, 0.4) is 0 Å². The highest BCUT2D eigenvalue weighted by Crippen LogP contribution is 2.28. The van der Waals surface area contributed by atoms with Gasteiger partial charge in [0.15, 0.2) is 0 Å². The molecule has 12 heteroatoms. The fourth-order valence-electron chi connectivity index (χ4n) is 5.62. The molecule has 224 valence electrons. The Bertz CT molecular complexity index is 1540. The highest BCUT2D eigenvalue weighted by molar-refractivity contribution is 7.89. The minimum absolute atomic E-state index is 0.0730. The number of carbonyl (C=O) groups is 2. The van der Waals surface area contributed by atoms with Gasteiger partial charge in [-0.3, -0.25) is 9.59 Å². The first-order chi connectivity index (χ1) is 20.1. The van der Waals surface area contributed by atoms with E-state index in [-0.39, 0.29) is 40.6 Å². The molecule has 0 radical (unpaired) electrons. The third kappa shape index (κ3) is 6.88. The number of ether oxygens (including phenoxy) is 1. The van der Waals surface area contributed by atoms with Crippen LogP contribution >= 0.6 is 0 Å². The van der Waals surface area contributed by atoms with Gasteiger partial charge in [0, 0.05) is 37.0 Å².